The van der Waals surface area contributed by atoms with Crippen molar-refractivity contribution >= 4 is 5.71 Å². The molecular weight excluding hydrogens is 210 g/mol. The highest BCUT2D eigenvalue weighted by molar-refractivity contribution is 6.06. The van der Waals surface area contributed by atoms with E-state index in [4.69, 9.17) is 0 Å². The van der Waals surface area contributed by atoms with E-state index in [0.29, 0.717) is 0 Å². The number of benzene rings is 2. The molecule has 1 unspecified atom stereocenters. The van der Waals surface area contributed by atoms with Crippen LogP contribution in [0.3, 0.4) is 0 Å². The molecule has 84 valence electrons. The van der Waals surface area contributed by atoms with Crippen molar-refractivity contribution in [2.24, 2.45) is 5.16 Å². The summed E-state index contributed by atoms with van der Waals surface area (Å²) in [4.78, 5) is 0. The van der Waals surface area contributed by atoms with Crippen LogP contribution in [0.5, 0.6) is 0 Å². The highest BCUT2D eigenvalue weighted by Crippen LogP contribution is 2.37. The van der Waals surface area contributed by atoms with Crippen LogP contribution in [-0.2, 0) is 6.42 Å². The maximum Gasteiger partial charge on any atom is 0.0945 e. The van der Waals surface area contributed by atoms with Crippen LogP contribution in [0.2, 0.25) is 0 Å². The summed E-state index contributed by atoms with van der Waals surface area (Å²) in [6.07, 6.45) is 0.963. The normalized spacial score (nSPS) is 18.4. The Hall–Kier alpha value is -2.09. The Labute approximate surface area is 100 Å². The topological polar surface area (TPSA) is 32.6 Å². The van der Waals surface area contributed by atoms with Gasteiger partial charge in [-0.15, -0.1) is 0 Å². The molecule has 2 nitrogen and oxygen atoms in total. The van der Waals surface area contributed by atoms with Gasteiger partial charge < -0.3 is 5.21 Å². The van der Waals surface area contributed by atoms with Crippen molar-refractivity contribution in [1.82, 2.24) is 0 Å². The lowest BCUT2D eigenvalue weighted by Crippen LogP contribution is -2.26. The summed E-state index contributed by atoms with van der Waals surface area (Å²) in [6, 6.07) is 18.2. The van der Waals surface area contributed by atoms with Crippen molar-refractivity contribution in [3.8, 4) is 0 Å². The molecule has 2 aromatic rings. The zero-order valence-electron chi connectivity index (χ0n) is 9.38. The molecule has 0 saturated heterocycles. The maximum atomic E-state index is 9.23. The van der Waals surface area contributed by atoms with Gasteiger partial charge in [0, 0.05) is 5.92 Å². The average Bonchev–Trinajstić information content (AvgIpc) is 2.37. The highest BCUT2D eigenvalue weighted by atomic mass is 16.4. The van der Waals surface area contributed by atoms with Crippen LogP contribution in [-0.4, -0.2) is 10.9 Å². The van der Waals surface area contributed by atoms with Crippen LogP contribution in [0, 0.1) is 0 Å². The van der Waals surface area contributed by atoms with Gasteiger partial charge in [0.15, 0.2) is 0 Å². The molecule has 1 atom stereocenters. The van der Waals surface area contributed by atoms with Gasteiger partial charge in [-0.25, -0.2) is 0 Å². The maximum absolute atomic E-state index is 9.23. The van der Waals surface area contributed by atoms with Crippen molar-refractivity contribution in [1.29, 1.82) is 0 Å². The first-order valence-electron chi connectivity index (χ1n) is 5.75. The molecular formula is C15H13NO. The Morgan fingerprint density at radius 3 is 2.41 bits per heavy atom. The SMILES string of the molecule is ON=C(c1ccccc1)C1Cc2ccccc21. The Morgan fingerprint density at radius 2 is 1.71 bits per heavy atom. The van der Waals surface area contributed by atoms with Crippen molar-refractivity contribution in [2.45, 2.75) is 12.3 Å². The lowest BCUT2D eigenvalue weighted by atomic mass is 9.73. The quantitative estimate of drug-likeness (QED) is 0.473. The summed E-state index contributed by atoms with van der Waals surface area (Å²) in [6.45, 7) is 0. The summed E-state index contributed by atoms with van der Waals surface area (Å²) in [5, 5.41) is 12.7. The zero-order valence-corrected chi connectivity index (χ0v) is 9.38. The third-order valence-corrected chi connectivity index (χ3v) is 3.36. The van der Waals surface area contributed by atoms with Crippen molar-refractivity contribution in [3.05, 3.63) is 71.3 Å². The fourth-order valence-corrected chi connectivity index (χ4v) is 2.44. The Bertz CT molecular complexity index is 560. The van der Waals surface area contributed by atoms with E-state index < -0.39 is 0 Å². The Morgan fingerprint density at radius 1 is 1.00 bits per heavy atom. The molecule has 0 radical (unpaired) electrons. The van der Waals surface area contributed by atoms with Crippen LogP contribution in [0.4, 0.5) is 0 Å². The minimum Gasteiger partial charge on any atom is -0.411 e. The van der Waals surface area contributed by atoms with Crippen molar-refractivity contribution in [3.63, 3.8) is 0 Å². The molecule has 17 heavy (non-hydrogen) atoms. The molecule has 1 N–H and O–H groups in total. The minimum absolute atomic E-state index is 0.235. The van der Waals surface area contributed by atoms with Gasteiger partial charge in [0.05, 0.1) is 5.71 Å². The van der Waals surface area contributed by atoms with Crippen molar-refractivity contribution < 1.29 is 5.21 Å². The molecule has 2 aromatic carbocycles. The highest BCUT2D eigenvalue weighted by Gasteiger charge is 2.30. The summed E-state index contributed by atoms with van der Waals surface area (Å²) in [7, 11) is 0. The molecule has 0 saturated carbocycles. The van der Waals surface area contributed by atoms with Gasteiger partial charge in [-0.1, -0.05) is 59.8 Å². The van der Waals surface area contributed by atoms with E-state index in [2.05, 4.69) is 17.3 Å². The summed E-state index contributed by atoms with van der Waals surface area (Å²) < 4.78 is 0. The molecule has 0 aromatic heterocycles. The summed E-state index contributed by atoms with van der Waals surface area (Å²) in [5.74, 6) is 0.235. The molecule has 0 heterocycles. The Kier molecular flexibility index (Phi) is 2.41. The molecule has 0 amide bonds. The number of fused-ring (bicyclic) bond motifs is 1. The second-order valence-corrected chi connectivity index (χ2v) is 4.31. The third kappa shape index (κ3) is 1.62. The van der Waals surface area contributed by atoms with Crippen LogP contribution in [0.25, 0.3) is 0 Å². The first-order valence-corrected chi connectivity index (χ1v) is 5.75. The van der Waals surface area contributed by atoms with Gasteiger partial charge in [-0.3, -0.25) is 0 Å². The fourth-order valence-electron chi connectivity index (χ4n) is 2.44. The molecule has 3 rings (SSSR count). The Balaban J connectivity index is 1.96. The second-order valence-electron chi connectivity index (χ2n) is 4.31. The van der Waals surface area contributed by atoms with Gasteiger partial charge >= 0.3 is 0 Å². The van der Waals surface area contributed by atoms with Crippen LogP contribution >= 0.6 is 0 Å². The van der Waals surface area contributed by atoms with Gasteiger partial charge in [0.25, 0.3) is 0 Å². The molecule has 0 bridgehead atoms. The zero-order chi connectivity index (χ0) is 11.7. The van der Waals surface area contributed by atoms with Crippen LogP contribution in [0.15, 0.2) is 59.8 Å². The number of hydrogen-bond donors (Lipinski definition) is 1. The average molecular weight is 223 g/mol. The molecule has 0 fully saturated rings. The van der Waals surface area contributed by atoms with Gasteiger partial charge in [-0.2, -0.15) is 0 Å². The van der Waals surface area contributed by atoms with Gasteiger partial charge in [0.2, 0.25) is 0 Å². The number of hydrogen-bond acceptors (Lipinski definition) is 2. The number of rotatable bonds is 2. The lowest BCUT2D eigenvalue weighted by molar-refractivity contribution is 0.316. The van der Waals surface area contributed by atoms with E-state index in [-0.39, 0.29) is 5.92 Å². The minimum atomic E-state index is 0.235. The predicted octanol–water partition coefficient (Wildman–Crippen LogP) is 3.20. The molecule has 0 aliphatic heterocycles. The first-order chi connectivity index (χ1) is 8.40. The molecule has 0 spiro atoms. The largest absolute Gasteiger partial charge is 0.411 e. The van der Waals surface area contributed by atoms with Crippen LogP contribution in [0.1, 0.15) is 22.6 Å². The van der Waals surface area contributed by atoms with Crippen LogP contribution < -0.4 is 0 Å². The molecule has 2 heteroatoms. The van der Waals surface area contributed by atoms with E-state index >= 15 is 0 Å². The second kappa shape index (κ2) is 4.06. The van der Waals surface area contributed by atoms with Gasteiger partial charge in [0.1, 0.15) is 0 Å². The van der Waals surface area contributed by atoms with E-state index in [0.717, 1.165) is 17.7 Å². The smallest absolute Gasteiger partial charge is 0.0945 e. The van der Waals surface area contributed by atoms with E-state index in [9.17, 15) is 5.21 Å². The first kappa shape index (κ1) is 10.1. The molecule has 1 aliphatic carbocycles. The van der Waals surface area contributed by atoms with E-state index in [1.54, 1.807) is 0 Å². The predicted molar refractivity (Wildman–Crippen MR) is 67.7 cm³/mol. The summed E-state index contributed by atoms with van der Waals surface area (Å²) >= 11 is 0. The van der Waals surface area contributed by atoms with E-state index in [1.807, 2.05) is 42.5 Å². The molecule has 1 aliphatic rings. The van der Waals surface area contributed by atoms with Crippen molar-refractivity contribution in [2.75, 3.05) is 0 Å². The third-order valence-electron chi connectivity index (χ3n) is 3.36. The number of oxime groups is 1. The lowest BCUT2D eigenvalue weighted by Gasteiger charge is -2.30. The van der Waals surface area contributed by atoms with E-state index in [1.165, 1.54) is 11.1 Å². The van der Waals surface area contributed by atoms with Gasteiger partial charge in [-0.05, 0) is 23.1 Å². The standard InChI is InChI=1S/C15H13NO/c17-16-15(11-6-2-1-3-7-11)14-10-12-8-4-5-9-13(12)14/h1-9,14,17H,10H2. The number of nitrogens with zero attached hydrogens (tertiary/aromatic N) is 1. The fraction of sp³-hybridized carbons (Fsp3) is 0.133. The summed E-state index contributed by atoms with van der Waals surface area (Å²) in [5.41, 5.74) is 4.40. The monoisotopic (exact) mass is 223 g/mol.